The summed E-state index contributed by atoms with van der Waals surface area (Å²) in [5, 5.41) is 0. The molecule has 2 atom stereocenters. The van der Waals surface area contributed by atoms with Crippen molar-refractivity contribution in [3.8, 4) is 0 Å². The molecule has 0 aromatic carbocycles. The number of allylic oxidation sites excluding steroid dienone is 1. The number of ether oxygens (including phenoxy) is 1. The van der Waals surface area contributed by atoms with Crippen LogP contribution in [0.15, 0.2) is 25.3 Å². The fourth-order valence-electron chi connectivity index (χ4n) is 2.28. The van der Waals surface area contributed by atoms with Crippen molar-refractivity contribution in [3.05, 3.63) is 25.3 Å². The van der Waals surface area contributed by atoms with Gasteiger partial charge in [0.05, 0.1) is 7.11 Å². The van der Waals surface area contributed by atoms with Gasteiger partial charge in [-0.1, -0.05) is 12.7 Å². The van der Waals surface area contributed by atoms with Crippen molar-refractivity contribution in [1.29, 1.82) is 0 Å². The minimum Gasteiger partial charge on any atom is -0.467 e. The van der Waals surface area contributed by atoms with Crippen LogP contribution >= 0.6 is 0 Å². The van der Waals surface area contributed by atoms with Crippen LogP contribution in [0.5, 0.6) is 0 Å². The molecule has 1 rings (SSSR count). The Hall–Kier alpha value is -1.58. The van der Waals surface area contributed by atoms with E-state index in [0.717, 1.165) is 19.3 Å². The molecule has 1 heterocycles. The number of nitrogens with zero attached hydrogens (tertiary/aromatic N) is 1. The molecule has 1 aliphatic rings. The quantitative estimate of drug-likeness (QED) is 0.415. The van der Waals surface area contributed by atoms with Gasteiger partial charge in [-0.05, 0) is 31.8 Å². The van der Waals surface area contributed by atoms with E-state index in [1.54, 1.807) is 4.90 Å². The highest BCUT2D eigenvalue weighted by Crippen LogP contribution is 2.28. The smallest absolute Gasteiger partial charge is 0.328 e. The predicted octanol–water partition coefficient (Wildman–Crippen LogP) is 1.67. The fourth-order valence-corrected chi connectivity index (χ4v) is 2.28. The Morgan fingerprint density at radius 2 is 2.12 bits per heavy atom. The SMILES string of the molecule is C=CCC[C@H]1CC[C@@H](C(=O)OC)N1C(=O)C=C. The molecule has 0 unspecified atom stereocenters. The van der Waals surface area contributed by atoms with Crippen molar-refractivity contribution in [2.45, 2.75) is 37.8 Å². The first-order valence-corrected chi connectivity index (χ1v) is 5.79. The summed E-state index contributed by atoms with van der Waals surface area (Å²) in [5.41, 5.74) is 0. The zero-order chi connectivity index (χ0) is 12.8. The molecule has 0 N–H and O–H groups in total. The first-order chi connectivity index (χ1) is 8.15. The summed E-state index contributed by atoms with van der Waals surface area (Å²) in [7, 11) is 1.34. The molecule has 1 amide bonds. The molecule has 1 fully saturated rings. The summed E-state index contributed by atoms with van der Waals surface area (Å²) in [6.07, 6.45) is 6.22. The minimum atomic E-state index is -0.458. The van der Waals surface area contributed by atoms with Crippen molar-refractivity contribution in [2.24, 2.45) is 0 Å². The van der Waals surface area contributed by atoms with E-state index in [9.17, 15) is 9.59 Å². The normalized spacial score (nSPS) is 23.2. The molecular weight excluding hydrogens is 218 g/mol. The van der Waals surface area contributed by atoms with Crippen LogP contribution in [-0.4, -0.2) is 36.0 Å². The maximum atomic E-state index is 11.8. The van der Waals surface area contributed by atoms with Crippen LogP contribution in [0.25, 0.3) is 0 Å². The number of hydrogen-bond acceptors (Lipinski definition) is 3. The molecule has 4 nitrogen and oxygen atoms in total. The minimum absolute atomic E-state index is 0.0857. The second kappa shape index (κ2) is 6.23. The summed E-state index contributed by atoms with van der Waals surface area (Å²) in [6.45, 7) is 7.14. The van der Waals surface area contributed by atoms with Gasteiger partial charge in [-0.3, -0.25) is 4.79 Å². The Morgan fingerprint density at radius 3 is 2.65 bits per heavy atom. The van der Waals surface area contributed by atoms with Crippen LogP contribution < -0.4 is 0 Å². The lowest BCUT2D eigenvalue weighted by Gasteiger charge is -2.27. The Bertz CT molecular complexity index is 325. The van der Waals surface area contributed by atoms with Gasteiger partial charge in [0, 0.05) is 6.04 Å². The number of rotatable bonds is 5. The molecule has 1 saturated heterocycles. The topological polar surface area (TPSA) is 46.6 Å². The van der Waals surface area contributed by atoms with E-state index in [4.69, 9.17) is 4.74 Å². The maximum Gasteiger partial charge on any atom is 0.328 e. The van der Waals surface area contributed by atoms with E-state index in [-0.39, 0.29) is 17.9 Å². The van der Waals surface area contributed by atoms with Gasteiger partial charge in [0.2, 0.25) is 5.91 Å². The lowest BCUT2D eigenvalue weighted by Crippen LogP contribution is -2.44. The predicted molar refractivity (Wildman–Crippen MR) is 65.3 cm³/mol. The Kier molecular flexibility index (Phi) is 4.94. The van der Waals surface area contributed by atoms with E-state index in [1.807, 2.05) is 6.08 Å². The van der Waals surface area contributed by atoms with Crippen molar-refractivity contribution in [2.75, 3.05) is 7.11 Å². The van der Waals surface area contributed by atoms with Crippen LogP contribution in [-0.2, 0) is 14.3 Å². The lowest BCUT2D eigenvalue weighted by molar-refractivity contribution is -0.150. The first kappa shape index (κ1) is 13.5. The van der Waals surface area contributed by atoms with Gasteiger partial charge >= 0.3 is 5.97 Å². The first-order valence-electron chi connectivity index (χ1n) is 5.79. The largest absolute Gasteiger partial charge is 0.467 e. The average Bonchev–Trinajstić information content (AvgIpc) is 2.78. The average molecular weight is 237 g/mol. The molecule has 0 saturated carbocycles. The third-order valence-corrected chi connectivity index (χ3v) is 3.11. The van der Waals surface area contributed by atoms with E-state index in [2.05, 4.69) is 13.2 Å². The Balaban J connectivity index is 2.80. The van der Waals surface area contributed by atoms with Gasteiger partial charge in [-0.15, -0.1) is 6.58 Å². The van der Waals surface area contributed by atoms with Gasteiger partial charge in [0.1, 0.15) is 6.04 Å². The third-order valence-electron chi connectivity index (χ3n) is 3.11. The van der Waals surface area contributed by atoms with E-state index < -0.39 is 6.04 Å². The zero-order valence-electron chi connectivity index (χ0n) is 10.2. The lowest BCUT2D eigenvalue weighted by atomic mass is 10.1. The second-order valence-electron chi connectivity index (χ2n) is 4.09. The van der Waals surface area contributed by atoms with Crippen molar-refractivity contribution in [1.82, 2.24) is 4.90 Å². The molecule has 0 aromatic heterocycles. The van der Waals surface area contributed by atoms with Crippen LogP contribution in [0.3, 0.4) is 0 Å². The van der Waals surface area contributed by atoms with E-state index >= 15 is 0 Å². The third kappa shape index (κ3) is 2.96. The molecule has 94 valence electrons. The van der Waals surface area contributed by atoms with E-state index in [1.165, 1.54) is 13.2 Å². The highest BCUT2D eigenvalue weighted by atomic mass is 16.5. The molecule has 0 radical (unpaired) electrons. The monoisotopic (exact) mass is 237 g/mol. The van der Waals surface area contributed by atoms with Gasteiger partial charge < -0.3 is 9.64 Å². The van der Waals surface area contributed by atoms with Crippen LogP contribution in [0.1, 0.15) is 25.7 Å². The van der Waals surface area contributed by atoms with Crippen LogP contribution in [0.4, 0.5) is 0 Å². The van der Waals surface area contributed by atoms with Gasteiger partial charge in [0.25, 0.3) is 0 Å². The van der Waals surface area contributed by atoms with Gasteiger partial charge in [-0.25, -0.2) is 4.79 Å². The number of carbonyl (C=O) groups is 2. The Labute approximate surface area is 102 Å². The zero-order valence-corrected chi connectivity index (χ0v) is 10.2. The molecule has 0 bridgehead atoms. The standard InChI is InChI=1S/C13H19NO3/c1-4-6-7-10-8-9-11(13(16)17-3)14(10)12(15)5-2/h4-5,10-11H,1-2,6-9H2,3H3/t10-,11-/m0/s1. The molecule has 0 aliphatic carbocycles. The number of hydrogen-bond donors (Lipinski definition) is 0. The maximum absolute atomic E-state index is 11.8. The summed E-state index contributed by atoms with van der Waals surface area (Å²) >= 11 is 0. The van der Waals surface area contributed by atoms with Crippen LogP contribution in [0.2, 0.25) is 0 Å². The molecule has 4 heteroatoms. The summed E-state index contributed by atoms with van der Waals surface area (Å²) in [6, 6.07) is -0.372. The fraction of sp³-hybridized carbons (Fsp3) is 0.538. The van der Waals surface area contributed by atoms with Crippen LogP contribution in [0, 0.1) is 0 Å². The summed E-state index contributed by atoms with van der Waals surface area (Å²) in [5.74, 6) is -0.548. The second-order valence-corrected chi connectivity index (χ2v) is 4.09. The molecule has 0 aromatic rings. The highest BCUT2D eigenvalue weighted by molar-refractivity contribution is 5.91. The highest BCUT2D eigenvalue weighted by Gasteiger charge is 2.39. The number of carbonyl (C=O) groups excluding carboxylic acids is 2. The summed E-state index contributed by atoms with van der Waals surface area (Å²) < 4.78 is 4.72. The number of esters is 1. The van der Waals surface area contributed by atoms with Crippen molar-refractivity contribution < 1.29 is 14.3 Å². The molecule has 1 aliphatic heterocycles. The molecule has 17 heavy (non-hydrogen) atoms. The number of likely N-dealkylation sites (tertiary alicyclic amines) is 1. The van der Waals surface area contributed by atoms with Crippen molar-refractivity contribution in [3.63, 3.8) is 0 Å². The Morgan fingerprint density at radius 1 is 1.41 bits per heavy atom. The van der Waals surface area contributed by atoms with Gasteiger partial charge in [-0.2, -0.15) is 0 Å². The summed E-state index contributed by atoms with van der Waals surface area (Å²) in [4.78, 5) is 25.0. The number of methoxy groups -OCH3 is 1. The molecular formula is C13H19NO3. The van der Waals surface area contributed by atoms with Crippen molar-refractivity contribution >= 4 is 11.9 Å². The van der Waals surface area contributed by atoms with E-state index in [0.29, 0.717) is 6.42 Å². The van der Waals surface area contributed by atoms with Gasteiger partial charge in [0.15, 0.2) is 0 Å². The number of amides is 1. The molecule has 0 spiro atoms.